The number of nitrogens with zero attached hydrogens (tertiary/aromatic N) is 7. The van der Waals surface area contributed by atoms with Gasteiger partial charge in [0, 0.05) is 99.5 Å². The molecular formula is C44H66N10O3. The van der Waals surface area contributed by atoms with Crippen LogP contribution in [0.5, 0.6) is 0 Å². The van der Waals surface area contributed by atoms with Crippen molar-refractivity contribution < 1.29 is 14.3 Å². The minimum Gasteiger partial charge on any atom is -0.466 e. The van der Waals surface area contributed by atoms with Gasteiger partial charge in [-0.25, -0.2) is 4.98 Å². The van der Waals surface area contributed by atoms with Crippen molar-refractivity contribution in [2.75, 3.05) is 87.1 Å². The molecule has 6 fully saturated rings. The molecule has 0 radical (unpaired) electrons. The lowest BCUT2D eigenvalue weighted by Crippen LogP contribution is -2.47. The number of anilines is 4. The highest BCUT2D eigenvalue weighted by Crippen LogP contribution is 2.42. The van der Waals surface area contributed by atoms with E-state index in [-0.39, 0.29) is 23.6 Å². The Labute approximate surface area is 341 Å². The highest BCUT2D eigenvalue weighted by atomic mass is 16.5. The first kappa shape index (κ1) is 42.3. The predicted octanol–water partition coefficient (Wildman–Crippen LogP) is 4.50. The molecule has 6 aliphatic heterocycles. The van der Waals surface area contributed by atoms with E-state index < -0.39 is 0 Å². The molecule has 1 aromatic heterocycles. The molecule has 6 aliphatic rings. The number of terminal acetylenes is 1. The largest absolute Gasteiger partial charge is 0.466 e. The maximum Gasteiger partial charge on any atom is 0.293 e. The van der Waals surface area contributed by atoms with Crippen molar-refractivity contribution in [1.82, 2.24) is 25.4 Å². The van der Waals surface area contributed by atoms with Gasteiger partial charge >= 0.3 is 0 Å². The SMILES string of the molecule is C#CN=C(N/C=C1\CN(c2cccc(N(C)C(C)COC=O)n2)[C@@H]2CC(C)(C)OCC12)Nc1ccc(N2C[C@H]3CC2CN3C)c(C)c1.CC.CN1C[C@H]2C[C@@H]1CN2. The van der Waals surface area contributed by atoms with Gasteiger partial charge in [-0.15, -0.1) is 0 Å². The Morgan fingerprint density at radius 3 is 2.54 bits per heavy atom. The highest BCUT2D eigenvalue weighted by molar-refractivity contribution is 5.95. The Morgan fingerprint density at radius 1 is 1.14 bits per heavy atom. The number of likely N-dealkylation sites (tertiary alicyclic amines) is 2. The van der Waals surface area contributed by atoms with Gasteiger partial charge in [-0.05, 0) is 103 Å². The summed E-state index contributed by atoms with van der Waals surface area (Å²) in [7, 11) is 6.41. The summed E-state index contributed by atoms with van der Waals surface area (Å²) in [4.78, 5) is 32.0. The zero-order valence-corrected chi connectivity index (χ0v) is 35.7. The van der Waals surface area contributed by atoms with Crippen molar-refractivity contribution in [1.29, 1.82) is 0 Å². The second kappa shape index (κ2) is 18.5. The molecule has 7 heterocycles. The van der Waals surface area contributed by atoms with Crippen molar-refractivity contribution in [3.05, 3.63) is 53.7 Å². The van der Waals surface area contributed by atoms with Crippen LogP contribution in [0.3, 0.4) is 0 Å². The molecule has 0 amide bonds. The van der Waals surface area contributed by atoms with E-state index in [1.165, 1.54) is 42.8 Å². The molecule has 13 nitrogen and oxygen atoms in total. The van der Waals surface area contributed by atoms with Crippen molar-refractivity contribution in [2.24, 2.45) is 10.9 Å². The lowest BCUT2D eigenvalue weighted by molar-refractivity contribution is -0.129. The van der Waals surface area contributed by atoms with E-state index in [4.69, 9.17) is 20.9 Å². The fourth-order valence-corrected chi connectivity index (χ4v) is 9.38. The monoisotopic (exact) mass is 783 g/mol. The number of aryl methyl sites for hydroxylation is 1. The molecule has 0 saturated carbocycles. The van der Waals surface area contributed by atoms with Crippen LogP contribution in [0.2, 0.25) is 0 Å². The summed E-state index contributed by atoms with van der Waals surface area (Å²) < 4.78 is 11.3. The van der Waals surface area contributed by atoms with Gasteiger partial charge < -0.3 is 45.0 Å². The average molecular weight is 783 g/mol. The summed E-state index contributed by atoms with van der Waals surface area (Å²) in [5.41, 5.74) is 4.41. The summed E-state index contributed by atoms with van der Waals surface area (Å²) in [6.45, 7) is 19.3. The van der Waals surface area contributed by atoms with E-state index in [9.17, 15) is 4.79 Å². The Hall–Kier alpha value is -4.35. The molecule has 3 N–H and O–H groups in total. The molecule has 0 spiro atoms. The predicted molar refractivity (Wildman–Crippen MR) is 232 cm³/mol. The maximum atomic E-state index is 10.7. The van der Waals surface area contributed by atoms with E-state index in [0.717, 1.165) is 48.9 Å². The normalized spacial score (nSPS) is 28.5. The topological polar surface area (TPSA) is 113 Å². The van der Waals surface area contributed by atoms with Gasteiger partial charge in [0.25, 0.3) is 6.47 Å². The third kappa shape index (κ3) is 9.69. The number of pyridine rings is 1. The van der Waals surface area contributed by atoms with Gasteiger partial charge in [0.2, 0.25) is 5.96 Å². The Morgan fingerprint density at radius 2 is 1.93 bits per heavy atom. The lowest BCUT2D eigenvalue weighted by atomic mass is 9.85. The van der Waals surface area contributed by atoms with E-state index >= 15 is 0 Å². The number of fused-ring (bicyclic) bond motifs is 5. The fraction of sp³-hybridized carbons (Fsp3) is 0.614. The zero-order valence-electron chi connectivity index (χ0n) is 35.7. The van der Waals surface area contributed by atoms with Crippen LogP contribution in [0.4, 0.5) is 23.0 Å². The number of likely N-dealkylation sites (N-methyl/N-ethyl adjacent to an activating group) is 3. The third-order valence-electron chi connectivity index (χ3n) is 12.7. The summed E-state index contributed by atoms with van der Waals surface area (Å²) in [5.74, 6) is 2.40. The number of aliphatic imine (C=N–C) groups is 1. The van der Waals surface area contributed by atoms with Crippen LogP contribution in [0.25, 0.3) is 0 Å². The van der Waals surface area contributed by atoms with Crippen LogP contribution in [-0.4, -0.2) is 136 Å². The smallest absolute Gasteiger partial charge is 0.293 e. The molecule has 13 heteroatoms. The van der Waals surface area contributed by atoms with E-state index in [0.29, 0.717) is 44.3 Å². The van der Waals surface area contributed by atoms with Crippen molar-refractivity contribution in [3.8, 4) is 12.5 Å². The molecule has 4 bridgehead atoms. The zero-order chi connectivity index (χ0) is 40.9. The fourth-order valence-electron chi connectivity index (χ4n) is 9.38. The van der Waals surface area contributed by atoms with Crippen LogP contribution in [0, 0.1) is 25.3 Å². The van der Waals surface area contributed by atoms with Crippen LogP contribution in [-0.2, 0) is 14.3 Å². The van der Waals surface area contributed by atoms with E-state index in [1.54, 1.807) is 0 Å². The number of hydrogen-bond acceptors (Lipinski definition) is 11. The van der Waals surface area contributed by atoms with Crippen LogP contribution in [0.1, 0.15) is 59.4 Å². The summed E-state index contributed by atoms with van der Waals surface area (Å²) >= 11 is 0. The van der Waals surface area contributed by atoms with E-state index in [1.807, 2.05) is 51.1 Å². The first-order valence-corrected chi connectivity index (χ1v) is 20.9. The standard InChI is InChI=1S/C36H48N8O3.C6H12N2.C2H6/c1-8-37-35(39-27-12-13-31(24(2)14-27)43-20-28-15-29(43)19-41(28)6)38-17-26-18-44(32-16-36(4,5)47-22-30(26)32)34-11-9-10-33(40-34)42(7)25(3)21-46-23-45;1-8-4-5-2-6(8)3-7-5;1-2/h1,9-14,17,23,25,28-30,32H,15-16,18-22H2,2-7H3,(H2,37,38,39);5-7H,2-4H2,1H3;1-2H3/b26-17+;;/t25?,28-,29?,30?,32-;5-,6-;/m11./s1. The quantitative estimate of drug-likeness (QED) is 0.144. The summed E-state index contributed by atoms with van der Waals surface area (Å²) in [5, 5.41) is 10.2. The number of piperazine rings is 2. The van der Waals surface area contributed by atoms with Crippen molar-refractivity contribution in [2.45, 2.75) is 103 Å². The maximum absolute atomic E-state index is 10.7. The van der Waals surface area contributed by atoms with Gasteiger partial charge in [-0.1, -0.05) is 26.3 Å². The third-order valence-corrected chi connectivity index (χ3v) is 12.7. The molecule has 3 unspecified atom stereocenters. The van der Waals surface area contributed by atoms with Crippen LogP contribution in [0.15, 0.2) is 53.2 Å². The average Bonchev–Trinajstić information content (AvgIpc) is 4.04. The molecule has 6 saturated heterocycles. The van der Waals surface area contributed by atoms with E-state index in [2.05, 4.69) is 106 Å². The number of ether oxygens (including phenoxy) is 2. The van der Waals surface area contributed by atoms with Gasteiger partial charge in [-0.3, -0.25) is 9.69 Å². The molecular weight excluding hydrogens is 717 g/mol. The molecule has 310 valence electrons. The lowest BCUT2D eigenvalue weighted by Gasteiger charge is -2.41. The first-order valence-electron chi connectivity index (χ1n) is 20.9. The molecule has 8 rings (SSSR count). The summed E-state index contributed by atoms with van der Waals surface area (Å²) in [6.07, 6.45) is 11.2. The number of guanidine groups is 1. The number of carbonyl (C=O) groups is 1. The number of rotatable bonds is 9. The minimum absolute atomic E-state index is 0.0189. The second-order valence-electron chi connectivity index (χ2n) is 17.0. The van der Waals surface area contributed by atoms with Gasteiger partial charge in [-0.2, -0.15) is 4.99 Å². The number of aromatic nitrogens is 1. The Bertz CT molecular complexity index is 1790. The summed E-state index contributed by atoms with van der Waals surface area (Å²) in [6, 6.07) is 18.1. The van der Waals surface area contributed by atoms with Gasteiger partial charge in [0.05, 0.1) is 18.2 Å². The minimum atomic E-state index is -0.246. The second-order valence-corrected chi connectivity index (χ2v) is 17.0. The number of hydrogen-bond donors (Lipinski definition) is 3. The molecule has 57 heavy (non-hydrogen) atoms. The first-order chi connectivity index (χ1) is 27.4. The van der Waals surface area contributed by atoms with Crippen molar-refractivity contribution >= 4 is 35.4 Å². The number of benzene rings is 1. The van der Waals surface area contributed by atoms with Gasteiger partial charge in [0.15, 0.2) is 0 Å². The highest BCUT2D eigenvalue weighted by Gasteiger charge is 2.46. The van der Waals surface area contributed by atoms with Crippen LogP contribution >= 0.6 is 0 Å². The van der Waals surface area contributed by atoms with Gasteiger partial charge in [0.1, 0.15) is 18.2 Å². The number of nitrogens with one attached hydrogen (secondary N) is 3. The molecule has 0 aliphatic carbocycles. The molecule has 1 aromatic carbocycles. The number of carbonyl (C=O) groups excluding carboxylic acids is 1. The molecule has 2 aromatic rings. The van der Waals surface area contributed by atoms with Crippen molar-refractivity contribution in [3.63, 3.8) is 0 Å². The Kier molecular flexibility index (Phi) is 13.7. The molecule has 7 atom stereocenters. The Balaban J connectivity index is 0.000000478. The van der Waals surface area contributed by atoms with Crippen LogP contribution < -0.4 is 30.7 Å².